The van der Waals surface area contributed by atoms with Gasteiger partial charge in [0.25, 0.3) is 0 Å². The van der Waals surface area contributed by atoms with Crippen molar-refractivity contribution in [1.82, 2.24) is 0 Å². The van der Waals surface area contributed by atoms with Gasteiger partial charge in [0.15, 0.2) is 11.5 Å². The second-order valence-electron chi connectivity index (χ2n) is 3.64. The maximum absolute atomic E-state index is 10.9. The molecule has 4 N–H and O–H groups in total. The molecule has 0 aliphatic carbocycles. The second kappa shape index (κ2) is 8.43. The molecule has 0 aromatic heterocycles. The third kappa shape index (κ3) is 9.10. The molecular weight excluding hydrogens is 443 g/mol. The molecule has 14 nitrogen and oxygen atoms in total. The molecule has 0 atom stereocenters. The Kier molecular flexibility index (Phi) is 8.25. The van der Waals surface area contributed by atoms with Crippen molar-refractivity contribution >= 4 is 37.2 Å². The van der Waals surface area contributed by atoms with Crippen molar-refractivity contribution in [2.75, 3.05) is 0 Å². The van der Waals surface area contributed by atoms with Crippen molar-refractivity contribution in [2.45, 2.75) is 0 Å². The van der Waals surface area contributed by atoms with Crippen LogP contribution in [0.2, 0.25) is 0 Å². The topological polar surface area (TPSA) is 228 Å². The number of carbonyl (C=O) groups is 1. The van der Waals surface area contributed by atoms with Crippen molar-refractivity contribution < 1.29 is 113 Å². The maximum atomic E-state index is 10.9. The zero-order valence-corrected chi connectivity index (χ0v) is 17.3. The fraction of sp³-hybridized carbons (Fsp3) is 0. The van der Waals surface area contributed by atoms with E-state index in [0.717, 1.165) is 0 Å². The number of carboxylic acid groups (broad SMARTS) is 1. The van der Waals surface area contributed by atoms with Crippen LogP contribution in [-0.2, 0) is 31.2 Å². The van der Waals surface area contributed by atoms with Gasteiger partial charge in [-0.05, 0) is 0 Å². The van der Waals surface area contributed by atoms with E-state index in [1.54, 1.807) is 0 Å². The van der Waals surface area contributed by atoms with Crippen LogP contribution in [0.5, 0.6) is 17.2 Å². The Bertz CT molecular complexity index is 920. The summed E-state index contributed by atoms with van der Waals surface area (Å²) in [5.74, 6) is -6.10. The third-order valence-corrected chi connectivity index (χ3v) is 3.00. The van der Waals surface area contributed by atoms with Crippen LogP contribution in [0.3, 0.4) is 0 Å². The molecule has 0 bridgehead atoms. The molecule has 18 heteroatoms. The van der Waals surface area contributed by atoms with E-state index in [9.17, 15) is 30.0 Å². The molecule has 0 unspecified atom stereocenters. The van der Waals surface area contributed by atoms with Gasteiger partial charge in [0.1, 0.15) is 0 Å². The molecule has 1 aromatic rings. The summed E-state index contributed by atoms with van der Waals surface area (Å²) < 4.78 is 102. The van der Waals surface area contributed by atoms with E-state index in [1.165, 1.54) is 0 Å². The molecule has 25 heavy (non-hydrogen) atoms. The summed E-state index contributed by atoms with van der Waals surface area (Å²) in [5.41, 5.74) is -0.935. The molecule has 0 spiro atoms. The zero-order chi connectivity index (χ0) is 18.9. The number of benzene rings is 1. The SMILES string of the molecule is O=C(O)c1cc(OS(=O)(=O)O)c(OS(=O)(=O)O)c(OS(=O)(=O)O)c1.[K+]. The Labute approximate surface area is 183 Å². The molecule has 0 aliphatic heterocycles. The van der Waals surface area contributed by atoms with Gasteiger partial charge in [-0.1, -0.05) is 0 Å². The van der Waals surface area contributed by atoms with Gasteiger partial charge in [0.05, 0.1) is 5.56 Å². The number of aromatic carboxylic acids is 1. The van der Waals surface area contributed by atoms with Crippen LogP contribution in [0.1, 0.15) is 10.4 Å². The van der Waals surface area contributed by atoms with Crippen LogP contribution in [0.4, 0.5) is 0 Å². The van der Waals surface area contributed by atoms with Gasteiger partial charge in [-0.2, -0.15) is 25.3 Å². The predicted octanol–water partition coefficient (Wildman–Crippen LogP) is -4.07. The van der Waals surface area contributed by atoms with Crippen molar-refractivity contribution in [3.05, 3.63) is 17.7 Å². The fourth-order valence-corrected chi connectivity index (χ4v) is 2.31. The maximum Gasteiger partial charge on any atom is 1.00 e. The van der Waals surface area contributed by atoms with E-state index in [0.29, 0.717) is 0 Å². The van der Waals surface area contributed by atoms with Crippen LogP contribution in [0.15, 0.2) is 12.1 Å². The van der Waals surface area contributed by atoms with E-state index < -0.39 is 60.0 Å². The van der Waals surface area contributed by atoms with Gasteiger partial charge in [0.2, 0.25) is 5.75 Å². The third-order valence-electron chi connectivity index (χ3n) is 1.85. The van der Waals surface area contributed by atoms with E-state index >= 15 is 0 Å². The molecule has 0 saturated heterocycles. The normalized spacial score (nSPS) is 12.0. The van der Waals surface area contributed by atoms with Crippen LogP contribution < -0.4 is 63.9 Å². The first-order valence-electron chi connectivity index (χ1n) is 4.99. The van der Waals surface area contributed by atoms with Gasteiger partial charge >= 0.3 is 88.6 Å². The standard InChI is InChI=1S/C7H6O14S3.K/c8-7(9)3-1-4(19-22(10,11)12)6(21-24(16,17)18)5(2-3)20-23(13,14)15;/h1-2H,(H,8,9)(H,10,11,12)(H,13,14,15)(H,16,17,18);/q;+1. The van der Waals surface area contributed by atoms with Crippen molar-refractivity contribution in [3.8, 4) is 17.2 Å². The number of hydrogen-bond donors (Lipinski definition) is 4. The smallest absolute Gasteiger partial charge is 0.478 e. The predicted molar refractivity (Wildman–Crippen MR) is 69.9 cm³/mol. The van der Waals surface area contributed by atoms with Crippen molar-refractivity contribution in [1.29, 1.82) is 0 Å². The van der Waals surface area contributed by atoms with Gasteiger partial charge < -0.3 is 17.7 Å². The van der Waals surface area contributed by atoms with E-state index in [-0.39, 0.29) is 63.5 Å². The average Bonchev–Trinajstić information content (AvgIpc) is 2.27. The first-order valence-corrected chi connectivity index (χ1v) is 9.09. The summed E-state index contributed by atoms with van der Waals surface area (Å²) in [6.07, 6.45) is 0. The zero-order valence-electron chi connectivity index (χ0n) is 11.8. The largest absolute Gasteiger partial charge is 1.00 e. The number of carboxylic acids is 1. The van der Waals surface area contributed by atoms with E-state index in [2.05, 4.69) is 12.5 Å². The van der Waals surface area contributed by atoms with Gasteiger partial charge in [-0.3, -0.25) is 13.7 Å². The molecule has 136 valence electrons. The number of hydrogen-bond acceptors (Lipinski definition) is 10. The van der Waals surface area contributed by atoms with Crippen LogP contribution in [0, 0.1) is 0 Å². The van der Waals surface area contributed by atoms with Gasteiger partial charge in [-0.15, -0.1) is 0 Å². The molecule has 0 aliphatic rings. The minimum Gasteiger partial charge on any atom is -0.478 e. The van der Waals surface area contributed by atoms with Gasteiger partial charge in [0, 0.05) is 12.1 Å². The summed E-state index contributed by atoms with van der Waals surface area (Å²) in [5, 5.41) is 8.81. The fourth-order valence-electron chi connectivity index (χ4n) is 1.24. The summed E-state index contributed by atoms with van der Waals surface area (Å²) in [6, 6.07) is 0.570. The molecule has 0 saturated carbocycles. The molecule has 0 amide bonds. The van der Waals surface area contributed by atoms with E-state index in [1.807, 2.05) is 0 Å². The molecule has 1 aromatic carbocycles. The monoisotopic (exact) mass is 449 g/mol. The molecular formula is C7H6KO14S3+. The Morgan fingerprint density at radius 3 is 1.32 bits per heavy atom. The molecule has 0 fully saturated rings. The Morgan fingerprint density at radius 1 is 0.760 bits per heavy atom. The van der Waals surface area contributed by atoms with Gasteiger partial charge in [-0.25, -0.2) is 4.79 Å². The number of rotatable bonds is 7. The van der Waals surface area contributed by atoms with Crippen LogP contribution in [0.25, 0.3) is 0 Å². The minimum atomic E-state index is -5.43. The summed E-state index contributed by atoms with van der Waals surface area (Å²) in [7, 11) is -16.2. The van der Waals surface area contributed by atoms with Crippen LogP contribution in [-0.4, -0.2) is 50.0 Å². The Balaban J connectivity index is 0.00000576. The van der Waals surface area contributed by atoms with Crippen molar-refractivity contribution in [2.24, 2.45) is 0 Å². The Hall–Kier alpha value is -0.544. The molecule has 0 radical (unpaired) electrons. The Morgan fingerprint density at radius 2 is 1.08 bits per heavy atom. The average molecular weight is 449 g/mol. The van der Waals surface area contributed by atoms with E-state index in [4.69, 9.17) is 18.8 Å². The van der Waals surface area contributed by atoms with Crippen molar-refractivity contribution in [3.63, 3.8) is 0 Å². The second-order valence-corrected chi connectivity index (χ2v) is 6.71. The quantitative estimate of drug-likeness (QED) is 0.229. The van der Waals surface area contributed by atoms with Crippen LogP contribution >= 0.6 is 0 Å². The summed E-state index contributed by atoms with van der Waals surface area (Å²) in [6.45, 7) is 0. The molecule has 0 heterocycles. The molecule has 1 rings (SSSR count). The minimum absolute atomic E-state index is 0. The summed E-state index contributed by atoms with van der Waals surface area (Å²) in [4.78, 5) is 10.9. The first-order chi connectivity index (χ1) is 10.6. The first kappa shape index (κ1) is 24.5. The summed E-state index contributed by atoms with van der Waals surface area (Å²) >= 11 is 0.